The fraction of sp³-hybridized carbons (Fsp3) is 0.909. The second-order valence-electron chi connectivity index (χ2n) is 10.7. The molecule has 0 aliphatic rings. The summed E-state index contributed by atoms with van der Waals surface area (Å²) in [5, 5.41) is 0. The van der Waals surface area contributed by atoms with Gasteiger partial charge >= 0.3 is 11.9 Å². The van der Waals surface area contributed by atoms with Crippen LogP contribution in [0.25, 0.3) is 0 Å². The summed E-state index contributed by atoms with van der Waals surface area (Å²) in [6, 6.07) is 0. The highest BCUT2D eigenvalue weighted by Gasteiger charge is 2.40. The van der Waals surface area contributed by atoms with Crippen molar-refractivity contribution in [1.29, 1.82) is 0 Å². The van der Waals surface area contributed by atoms with Gasteiger partial charge in [-0.2, -0.15) is 0 Å². The summed E-state index contributed by atoms with van der Waals surface area (Å²) >= 11 is 0. The molecule has 4 nitrogen and oxygen atoms in total. The average molecular weight is 371 g/mol. The van der Waals surface area contributed by atoms with Crippen molar-refractivity contribution < 1.29 is 19.4 Å². The van der Waals surface area contributed by atoms with Crippen LogP contribution in [0.2, 0.25) is 0 Å². The number of hydrogen-bond donors (Lipinski definition) is 0. The van der Waals surface area contributed by atoms with Crippen LogP contribution in [0, 0.1) is 21.7 Å². The first-order valence-corrected chi connectivity index (χ1v) is 10.0. The van der Waals surface area contributed by atoms with E-state index in [4.69, 9.17) is 9.78 Å². The molecule has 0 amide bonds. The molecule has 0 aromatic carbocycles. The summed E-state index contributed by atoms with van der Waals surface area (Å²) in [7, 11) is 0. The van der Waals surface area contributed by atoms with Crippen LogP contribution >= 0.6 is 0 Å². The molecular formula is C22H42O4. The first-order chi connectivity index (χ1) is 11.6. The Morgan fingerprint density at radius 2 is 0.885 bits per heavy atom. The van der Waals surface area contributed by atoms with Gasteiger partial charge in [0.25, 0.3) is 0 Å². The van der Waals surface area contributed by atoms with E-state index in [0.717, 1.165) is 25.7 Å². The van der Waals surface area contributed by atoms with Gasteiger partial charge in [0.05, 0.1) is 10.8 Å². The Hall–Kier alpha value is -1.06. The molecule has 0 atom stereocenters. The third-order valence-corrected chi connectivity index (χ3v) is 4.99. The fourth-order valence-corrected chi connectivity index (χ4v) is 4.37. The molecule has 0 aromatic heterocycles. The first-order valence-electron chi connectivity index (χ1n) is 10.0. The van der Waals surface area contributed by atoms with Crippen LogP contribution in [0.4, 0.5) is 0 Å². The molecule has 0 N–H and O–H groups in total. The van der Waals surface area contributed by atoms with E-state index in [1.807, 2.05) is 27.7 Å². The zero-order valence-electron chi connectivity index (χ0n) is 18.9. The van der Waals surface area contributed by atoms with E-state index in [0.29, 0.717) is 12.8 Å². The number of carbonyl (C=O) groups excluding carboxylic acids is 2. The van der Waals surface area contributed by atoms with Crippen molar-refractivity contribution in [3.8, 4) is 0 Å². The van der Waals surface area contributed by atoms with Gasteiger partial charge in [0.1, 0.15) is 0 Å². The minimum atomic E-state index is -0.704. The molecule has 154 valence electrons. The Morgan fingerprint density at radius 3 is 1.12 bits per heavy atom. The molecule has 0 saturated heterocycles. The molecule has 0 saturated carbocycles. The Balaban J connectivity index is 4.80. The lowest BCUT2D eigenvalue weighted by Crippen LogP contribution is -2.36. The van der Waals surface area contributed by atoms with E-state index in [-0.39, 0.29) is 10.8 Å². The van der Waals surface area contributed by atoms with E-state index in [9.17, 15) is 9.59 Å². The molecule has 0 fully saturated rings. The van der Waals surface area contributed by atoms with Crippen molar-refractivity contribution in [3.63, 3.8) is 0 Å². The summed E-state index contributed by atoms with van der Waals surface area (Å²) in [6.07, 6.45) is 5.55. The minimum absolute atomic E-state index is 0.0325. The molecule has 0 aliphatic heterocycles. The SMILES string of the molecule is CCCC(C)(C)CC(C)(C)C(=O)OOC(=O)C(C)(C)CC(C)(C)CCC. The predicted octanol–water partition coefficient (Wildman–Crippen LogP) is 6.47. The van der Waals surface area contributed by atoms with Crippen molar-refractivity contribution in [3.05, 3.63) is 0 Å². The van der Waals surface area contributed by atoms with Gasteiger partial charge in [0.15, 0.2) is 0 Å². The number of carbonyl (C=O) groups is 2. The average Bonchev–Trinajstić information content (AvgIpc) is 2.41. The van der Waals surface area contributed by atoms with Gasteiger partial charge in [-0.1, -0.05) is 54.4 Å². The molecule has 0 bridgehead atoms. The quantitative estimate of drug-likeness (QED) is 0.326. The van der Waals surface area contributed by atoms with Crippen molar-refractivity contribution in [2.45, 2.75) is 108 Å². The van der Waals surface area contributed by atoms with Crippen LogP contribution in [-0.2, 0) is 19.4 Å². The normalized spacial score (nSPS) is 13.5. The second-order valence-corrected chi connectivity index (χ2v) is 10.7. The van der Waals surface area contributed by atoms with E-state index < -0.39 is 22.8 Å². The zero-order valence-corrected chi connectivity index (χ0v) is 18.9. The fourth-order valence-electron chi connectivity index (χ4n) is 4.37. The van der Waals surface area contributed by atoms with E-state index in [2.05, 4.69) is 41.5 Å². The van der Waals surface area contributed by atoms with Gasteiger partial charge in [-0.15, -0.1) is 0 Å². The zero-order chi connectivity index (χ0) is 20.8. The maximum atomic E-state index is 12.5. The number of hydrogen-bond acceptors (Lipinski definition) is 4. The monoisotopic (exact) mass is 370 g/mol. The van der Waals surface area contributed by atoms with Gasteiger partial charge in [-0.05, 0) is 64.2 Å². The maximum Gasteiger partial charge on any atom is 0.361 e. The van der Waals surface area contributed by atoms with Gasteiger partial charge in [0.2, 0.25) is 0 Å². The van der Waals surface area contributed by atoms with Crippen LogP contribution in [0.15, 0.2) is 0 Å². The predicted molar refractivity (Wildman–Crippen MR) is 106 cm³/mol. The lowest BCUT2D eigenvalue weighted by molar-refractivity contribution is -0.273. The third kappa shape index (κ3) is 8.55. The molecule has 26 heavy (non-hydrogen) atoms. The summed E-state index contributed by atoms with van der Waals surface area (Å²) in [5.41, 5.74) is -1.34. The minimum Gasteiger partial charge on any atom is -0.247 e. The lowest BCUT2D eigenvalue weighted by atomic mass is 9.73. The largest absolute Gasteiger partial charge is 0.361 e. The van der Waals surface area contributed by atoms with Gasteiger partial charge in [0, 0.05) is 0 Å². The molecule has 0 aliphatic carbocycles. The molecule has 0 spiro atoms. The van der Waals surface area contributed by atoms with Crippen LogP contribution < -0.4 is 0 Å². The molecule has 0 radical (unpaired) electrons. The van der Waals surface area contributed by atoms with Crippen molar-refractivity contribution in [2.75, 3.05) is 0 Å². The van der Waals surface area contributed by atoms with Crippen molar-refractivity contribution in [2.24, 2.45) is 21.7 Å². The third-order valence-electron chi connectivity index (χ3n) is 4.99. The summed E-state index contributed by atoms with van der Waals surface area (Å²) in [5.74, 6) is -0.975. The Morgan fingerprint density at radius 1 is 0.615 bits per heavy atom. The first kappa shape index (κ1) is 24.9. The molecule has 0 unspecified atom stereocenters. The van der Waals surface area contributed by atoms with Crippen LogP contribution in [0.1, 0.15) is 108 Å². The van der Waals surface area contributed by atoms with Crippen LogP contribution in [0.5, 0.6) is 0 Å². The van der Waals surface area contributed by atoms with Gasteiger partial charge in [-0.25, -0.2) is 19.4 Å². The van der Waals surface area contributed by atoms with E-state index in [1.54, 1.807) is 0 Å². The smallest absolute Gasteiger partial charge is 0.247 e. The van der Waals surface area contributed by atoms with Gasteiger partial charge in [-0.3, -0.25) is 0 Å². The Labute approximate surface area is 161 Å². The highest BCUT2D eigenvalue weighted by atomic mass is 17.2. The number of rotatable bonds is 10. The van der Waals surface area contributed by atoms with Crippen molar-refractivity contribution >= 4 is 11.9 Å². The van der Waals surface area contributed by atoms with Crippen molar-refractivity contribution in [1.82, 2.24) is 0 Å². The van der Waals surface area contributed by atoms with Gasteiger partial charge < -0.3 is 0 Å². The highest BCUT2D eigenvalue weighted by molar-refractivity contribution is 5.79. The lowest BCUT2D eigenvalue weighted by Gasteiger charge is -2.34. The highest BCUT2D eigenvalue weighted by Crippen LogP contribution is 2.39. The second kappa shape index (κ2) is 9.23. The molecule has 0 aromatic rings. The summed E-state index contributed by atoms with van der Waals surface area (Å²) in [4.78, 5) is 34.9. The Bertz CT molecular complexity index is 429. The summed E-state index contributed by atoms with van der Waals surface area (Å²) in [6.45, 7) is 20.2. The van der Waals surface area contributed by atoms with Crippen LogP contribution in [0.3, 0.4) is 0 Å². The molecule has 0 heterocycles. The Kier molecular flexibility index (Phi) is 8.86. The van der Waals surface area contributed by atoms with E-state index in [1.165, 1.54) is 0 Å². The van der Waals surface area contributed by atoms with Crippen LogP contribution in [-0.4, -0.2) is 11.9 Å². The maximum absolute atomic E-state index is 12.5. The molecule has 0 rings (SSSR count). The molecule has 4 heteroatoms. The van der Waals surface area contributed by atoms with E-state index >= 15 is 0 Å². The summed E-state index contributed by atoms with van der Waals surface area (Å²) < 4.78 is 0. The standard InChI is InChI=1S/C22H42O4/c1-11-13-19(3,4)15-21(7,8)17(23)25-26-18(24)22(9,10)16-20(5,6)14-12-2/h11-16H2,1-10H3. The molecular weight excluding hydrogens is 328 g/mol. The topological polar surface area (TPSA) is 52.6 Å².